The van der Waals surface area contributed by atoms with Crippen LogP contribution < -0.4 is 5.32 Å². The maximum absolute atomic E-state index is 10.5. The third kappa shape index (κ3) is 11.1. The number of carbonyl (C=O) groups is 1. The number of nitrogens with zero attached hydrogens (tertiary/aromatic N) is 1. The van der Waals surface area contributed by atoms with Crippen molar-refractivity contribution in [3.8, 4) is 0 Å². The largest absolute Gasteiger partial charge is 0.323 e. The molecule has 132 valence electrons. The molecule has 1 saturated heterocycles. The van der Waals surface area contributed by atoms with Crippen LogP contribution in [0.3, 0.4) is 0 Å². The Hall–Kier alpha value is -1.19. The van der Waals surface area contributed by atoms with Gasteiger partial charge in [-0.3, -0.25) is 0 Å². The first-order valence-corrected chi connectivity index (χ1v) is 9.08. The van der Waals surface area contributed by atoms with Gasteiger partial charge in [0.15, 0.2) is 0 Å². The standard InChI is InChI=1S/C16H23NO.C2H7N.C2H6/c18-14-10-16-8-12-17(13-9-16)11-4-7-15-5-2-1-3-6-15;1-3-2;1-2/h1-3,5-6,14,16H,4,7-13H2;3H,1-2H3;1-2H3. The molecule has 1 aromatic rings. The lowest BCUT2D eigenvalue weighted by Crippen LogP contribution is -2.34. The molecule has 1 heterocycles. The third-order valence-electron chi connectivity index (χ3n) is 3.92. The number of rotatable bonds is 6. The first-order chi connectivity index (χ1) is 11.3. The highest BCUT2D eigenvalue weighted by atomic mass is 16.1. The molecule has 0 unspecified atom stereocenters. The van der Waals surface area contributed by atoms with Gasteiger partial charge in [0.2, 0.25) is 0 Å². The van der Waals surface area contributed by atoms with E-state index in [2.05, 4.69) is 40.5 Å². The number of benzene rings is 1. The molecule has 1 aliphatic rings. The summed E-state index contributed by atoms with van der Waals surface area (Å²) in [7, 11) is 3.75. The number of aldehydes is 1. The minimum absolute atomic E-state index is 0.646. The van der Waals surface area contributed by atoms with Crippen LogP contribution in [-0.4, -0.2) is 44.9 Å². The van der Waals surface area contributed by atoms with Gasteiger partial charge in [-0.05, 0) is 70.9 Å². The van der Waals surface area contributed by atoms with Gasteiger partial charge in [0.1, 0.15) is 6.29 Å². The summed E-state index contributed by atoms with van der Waals surface area (Å²) in [5, 5.41) is 2.75. The summed E-state index contributed by atoms with van der Waals surface area (Å²) in [6.45, 7) is 7.54. The van der Waals surface area contributed by atoms with E-state index in [1.807, 2.05) is 27.9 Å². The fraction of sp³-hybridized carbons (Fsp3) is 0.650. The van der Waals surface area contributed by atoms with Crippen LogP contribution in [0.2, 0.25) is 0 Å². The molecule has 23 heavy (non-hydrogen) atoms. The van der Waals surface area contributed by atoms with Crippen LogP contribution >= 0.6 is 0 Å². The fourth-order valence-electron chi connectivity index (χ4n) is 2.73. The summed E-state index contributed by atoms with van der Waals surface area (Å²) in [6.07, 6.45) is 6.65. The van der Waals surface area contributed by atoms with E-state index in [0.717, 1.165) is 12.7 Å². The van der Waals surface area contributed by atoms with E-state index in [0.29, 0.717) is 5.92 Å². The van der Waals surface area contributed by atoms with Crippen molar-refractivity contribution in [1.82, 2.24) is 10.2 Å². The number of hydrogen-bond acceptors (Lipinski definition) is 3. The van der Waals surface area contributed by atoms with Crippen molar-refractivity contribution in [2.45, 2.75) is 46.0 Å². The second-order valence-corrected chi connectivity index (χ2v) is 5.78. The second kappa shape index (κ2) is 15.7. The highest BCUT2D eigenvalue weighted by Gasteiger charge is 2.17. The van der Waals surface area contributed by atoms with Crippen LogP contribution in [0, 0.1) is 5.92 Å². The van der Waals surface area contributed by atoms with Gasteiger partial charge in [-0.1, -0.05) is 44.2 Å². The van der Waals surface area contributed by atoms with Gasteiger partial charge in [0, 0.05) is 6.42 Å². The Morgan fingerprint density at radius 1 is 1.13 bits per heavy atom. The van der Waals surface area contributed by atoms with Crippen LogP contribution in [-0.2, 0) is 11.2 Å². The van der Waals surface area contributed by atoms with Gasteiger partial charge < -0.3 is 15.0 Å². The number of piperidine rings is 1. The van der Waals surface area contributed by atoms with Gasteiger partial charge in [0.25, 0.3) is 0 Å². The Kier molecular flexibility index (Phi) is 14.9. The zero-order valence-electron chi connectivity index (χ0n) is 15.6. The van der Waals surface area contributed by atoms with E-state index in [1.165, 1.54) is 50.9 Å². The van der Waals surface area contributed by atoms with Gasteiger partial charge in [-0.2, -0.15) is 0 Å². The number of likely N-dealkylation sites (tertiary alicyclic amines) is 1. The summed E-state index contributed by atoms with van der Waals surface area (Å²) in [6, 6.07) is 10.7. The molecule has 0 saturated carbocycles. The molecule has 1 aromatic carbocycles. The van der Waals surface area contributed by atoms with Crippen molar-refractivity contribution >= 4 is 6.29 Å². The molecule has 1 fully saturated rings. The van der Waals surface area contributed by atoms with E-state index in [1.54, 1.807) is 0 Å². The summed E-state index contributed by atoms with van der Waals surface area (Å²) < 4.78 is 0. The summed E-state index contributed by atoms with van der Waals surface area (Å²) in [5.74, 6) is 0.646. The highest BCUT2D eigenvalue weighted by Crippen LogP contribution is 2.19. The smallest absolute Gasteiger partial charge is 0.120 e. The summed E-state index contributed by atoms with van der Waals surface area (Å²) >= 11 is 0. The monoisotopic (exact) mass is 320 g/mol. The topological polar surface area (TPSA) is 32.3 Å². The van der Waals surface area contributed by atoms with Crippen LogP contribution in [0.5, 0.6) is 0 Å². The molecule has 3 heteroatoms. The maximum Gasteiger partial charge on any atom is 0.120 e. The number of nitrogens with one attached hydrogen (secondary N) is 1. The molecular formula is C20H36N2O. The van der Waals surface area contributed by atoms with Crippen LogP contribution in [0.4, 0.5) is 0 Å². The van der Waals surface area contributed by atoms with Crippen LogP contribution in [0.15, 0.2) is 30.3 Å². The quantitative estimate of drug-likeness (QED) is 0.810. The number of aryl methyl sites for hydroxylation is 1. The van der Waals surface area contributed by atoms with Crippen molar-refractivity contribution < 1.29 is 4.79 Å². The molecule has 1 aliphatic heterocycles. The molecule has 3 nitrogen and oxygen atoms in total. The van der Waals surface area contributed by atoms with E-state index >= 15 is 0 Å². The van der Waals surface area contributed by atoms with Gasteiger partial charge >= 0.3 is 0 Å². The number of hydrogen-bond donors (Lipinski definition) is 1. The molecule has 2 rings (SSSR count). The first-order valence-electron chi connectivity index (χ1n) is 9.08. The average molecular weight is 321 g/mol. The van der Waals surface area contributed by atoms with Crippen LogP contribution in [0.1, 0.15) is 45.1 Å². The van der Waals surface area contributed by atoms with E-state index in [4.69, 9.17) is 0 Å². The van der Waals surface area contributed by atoms with Gasteiger partial charge in [-0.25, -0.2) is 0 Å². The fourth-order valence-corrected chi connectivity index (χ4v) is 2.73. The maximum atomic E-state index is 10.5. The molecular weight excluding hydrogens is 284 g/mol. The van der Waals surface area contributed by atoms with Gasteiger partial charge in [0.05, 0.1) is 0 Å². The lowest BCUT2D eigenvalue weighted by Gasteiger charge is -2.31. The minimum atomic E-state index is 0.646. The predicted molar refractivity (Wildman–Crippen MR) is 101 cm³/mol. The third-order valence-corrected chi connectivity index (χ3v) is 3.92. The Labute approximate surface area is 143 Å². The Bertz CT molecular complexity index is 359. The molecule has 0 bridgehead atoms. The zero-order chi connectivity index (χ0) is 17.3. The molecule has 0 aromatic heterocycles. The van der Waals surface area contributed by atoms with Crippen molar-refractivity contribution in [2.24, 2.45) is 5.92 Å². The molecule has 0 radical (unpaired) electrons. The summed E-state index contributed by atoms with van der Waals surface area (Å²) in [4.78, 5) is 13.0. The normalized spacial score (nSPS) is 15.0. The lowest BCUT2D eigenvalue weighted by atomic mass is 9.94. The molecule has 0 aliphatic carbocycles. The summed E-state index contributed by atoms with van der Waals surface area (Å²) in [5.41, 5.74) is 1.44. The van der Waals surface area contributed by atoms with E-state index < -0.39 is 0 Å². The predicted octanol–water partition coefficient (Wildman–Crippen LogP) is 3.78. The SMILES string of the molecule is CC.CNC.O=CCC1CCN(CCCc2ccccc2)CC1. The number of carbonyl (C=O) groups excluding carboxylic acids is 1. The van der Waals surface area contributed by atoms with Crippen LogP contribution in [0.25, 0.3) is 0 Å². The van der Waals surface area contributed by atoms with Crippen molar-refractivity contribution in [2.75, 3.05) is 33.7 Å². The van der Waals surface area contributed by atoms with Crippen molar-refractivity contribution in [3.63, 3.8) is 0 Å². The van der Waals surface area contributed by atoms with Gasteiger partial charge in [-0.15, -0.1) is 0 Å². The molecule has 1 N–H and O–H groups in total. The zero-order valence-corrected chi connectivity index (χ0v) is 15.6. The van der Waals surface area contributed by atoms with Crippen molar-refractivity contribution in [3.05, 3.63) is 35.9 Å². The first kappa shape index (κ1) is 21.8. The second-order valence-electron chi connectivity index (χ2n) is 5.78. The highest BCUT2D eigenvalue weighted by molar-refractivity contribution is 5.49. The van der Waals surface area contributed by atoms with Crippen molar-refractivity contribution in [1.29, 1.82) is 0 Å². The Morgan fingerprint density at radius 3 is 2.22 bits per heavy atom. The average Bonchev–Trinajstić information content (AvgIpc) is 2.60. The Morgan fingerprint density at radius 2 is 1.70 bits per heavy atom. The molecule has 0 amide bonds. The Balaban J connectivity index is 0.000000868. The van der Waals surface area contributed by atoms with E-state index in [-0.39, 0.29) is 0 Å². The molecule has 0 atom stereocenters. The minimum Gasteiger partial charge on any atom is -0.323 e. The molecule has 0 spiro atoms. The van der Waals surface area contributed by atoms with E-state index in [9.17, 15) is 4.79 Å². The lowest BCUT2D eigenvalue weighted by molar-refractivity contribution is -0.108.